The molecule has 1 aliphatic heterocycles. The lowest BCUT2D eigenvalue weighted by molar-refractivity contribution is 0.174. The van der Waals surface area contributed by atoms with E-state index in [0.29, 0.717) is 18.0 Å². The van der Waals surface area contributed by atoms with Crippen molar-refractivity contribution in [3.05, 3.63) is 48.2 Å². The maximum absolute atomic E-state index is 5.46. The summed E-state index contributed by atoms with van der Waals surface area (Å²) in [7, 11) is 5.23. The van der Waals surface area contributed by atoms with Crippen molar-refractivity contribution in [2.75, 3.05) is 26.3 Å². The molecule has 1 N–H and O–H groups in total. The largest absolute Gasteiger partial charge is 0.493 e. The van der Waals surface area contributed by atoms with Crippen LogP contribution in [-0.4, -0.2) is 30.6 Å². The van der Waals surface area contributed by atoms with Crippen molar-refractivity contribution >= 4 is 5.95 Å². The monoisotopic (exact) mass is 367 g/mol. The zero-order valence-corrected chi connectivity index (χ0v) is 15.5. The van der Waals surface area contributed by atoms with Gasteiger partial charge in [0.25, 0.3) is 0 Å². The summed E-state index contributed by atoms with van der Waals surface area (Å²) in [6, 6.07) is 11.7. The molecule has 0 saturated heterocycles. The van der Waals surface area contributed by atoms with E-state index in [2.05, 4.69) is 10.3 Å². The smallest absolute Gasteiger partial charge is 0.231 e. The molecule has 7 heteroatoms. The Labute approximate surface area is 157 Å². The van der Waals surface area contributed by atoms with Crippen LogP contribution in [0.3, 0.4) is 0 Å². The molecule has 0 radical (unpaired) electrons. The van der Waals surface area contributed by atoms with Crippen molar-refractivity contribution in [2.24, 2.45) is 7.05 Å². The molecule has 0 saturated carbocycles. The van der Waals surface area contributed by atoms with Crippen LogP contribution in [0.5, 0.6) is 23.0 Å². The second-order valence-corrected chi connectivity index (χ2v) is 6.14. The Morgan fingerprint density at radius 1 is 1.04 bits per heavy atom. The summed E-state index contributed by atoms with van der Waals surface area (Å²) in [6.45, 7) is 0.883. The van der Waals surface area contributed by atoms with Crippen molar-refractivity contribution in [1.82, 2.24) is 9.55 Å². The van der Waals surface area contributed by atoms with E-state index >= 15 is 0 Å². The normalized spacial score (nSPS) is 12.1. The third-order valence-electron chi connectivity index (χ3n) is 4.56. The van der Waals surface area contributed by atoms with E-state index in [0.717, 1.165) is 34.3 Å². The van der Waals surface area contributed by atoms with Crippen LogP contribution in [0.2, 0.25) is 0 Å². The van der Waals surface area contributed by atoms with Crippen LogP contribution >= 0.6 is 0 Å². The van der Waals surface area contributed by atoms with Crippen LogP contribution in [0, 0.1) is 0 Å². The second kappa shape index (κ2) is 7.11. The topological polar surface area (TPSA) is 66.8 Å². The number of benzene rings is 2. The van der Waals surface area contributed by atoms with Gasteiger partial charge in [-0.3, -0.25) is 0 Å². The first kappa shape index (κ1) is 17.1. The first-order valence-corrected chi connectivity index (χ1v) is 8.56. The number of hydrogen-bond donors (Lipinski definition) is 1. The van der Waals surface area contributed by atoms with E-state index < -0.39 is 0 Å². The van der Waals surface area contributed by atoms with Gasteiger partial charge < -0.3 is 28.8 Å². The summed E-state index contributed by atoms with van der Waals surface area (Å²) in [5, 5.41) is 3.36. The van der Waals surface area contributed by atoms with Gasteiger partial charge in [0.2, 0.25) is 12.7 Å². The SMILES string of the molecule is COc1ccc(CNc2ncc(-c3ccc4c(c3)OCO4)n2C)cc1OC. The van der Waals surface area contributed by atoms with Gasteiger partial charge in [0, 0.05) is 19.2 Å². The second-order valence-electron chi connectivity index (χ2n) is 6.14. The van der Waals surface area contributed by atoms with E-state index in [1.54, 1.807) is 14.2 Å². The van der Waals surface area contributed by atoms with Gasteiger partial charge in [-0.05, 0) is 35.9 Å². The number of nitrogens with zero attached hydrogens (tertiary/aromatic N) is 2. The minimum Gasteiger partial charge on any atom is -0.493 e. The molecule has 0 atom stereocenters. The predicted molar refractivity (Wildman–Crippen MR) is 102 cm³/mol. The van der Waals surface area contributed by atoms with Crippen LogP contribution in [0.4, 0.5) is 5.95 Å². The van der Waals surface area contributed by atoms with Gasteiger partial charge in [0.15, 0.2) is 23.0 Å². The predicted octanol–water partition coefficient (Wildman–Crippen LogP) is 3.45. The Morgan fingerprint density at radius 3 is 2.67 bits per heavy atom. The fourth-order valence-corrected chi connectivity index (χ4v) is 3.07. The molecule has 0 amide bonds. The van der Waals surface area contributed by atoms with Crippen molar-refractivity contribution < 1.29 is 18.9 Å². The number of methoxy groups -OCH3 is 2. The molecule has 4 rings (SSSR count). The zero-order chi connectivity index (χ0) is 18.8. The van der Waals surface area contributed by atoms with Crippen LogP contribution in [0.1, 0.15) is 5.56 Å². The Balaban J connectivity index is 1.51. The molecule has 2 aromatic carbocycles. The van der Waals surface area contributed by atoms with Crippen molar-refractivity contribution in [2.45, 2.75) is 6.54 Å². The van der Waals surface area contributed by atoms with Crippen LogP contribution in [0.25, 0.3) is 11.3 Å². The summed E-state index contributed by atoms with van der Waals surface area (Å²) in [5.74, 6) is 3.72. The van der Waals surface area contributed by atoms with E-state index in [1.165, 1.54) is 0 Å². The van der Waals surface area contributed by atoms with Crippen LogP contribution in [-0.2, 0) is 13.6 Å². The van der Waals surface area contributed by atoms with Crippen molar-refractivity contribution in [3.63, 3.8) is 0 Å². The molecule has 1 aliphatic rings. The lowest BCUT2D eigenvalue weighted by atomic mass is 10.1. The van der Waals surface area contributed by atoms with Gasteiger partial charge in [0.05, 0.1) is 26.1 Å². The average Bonchev–Trinajstić information content (AvgIpc) is 3.31. The molecule has 2 heterocycles. The van der Waals surface area contributed by atoms with E-state index in [-0.39, 0.29) is 6.79 Å². The average molecular weight is 367 g/mol. The van der Waals surface area contributed by atoms with Gasteiger partial charge in [-0.25, -0.2) is 4.98 Å². The highest BCUT2D eigenvalue weighted by Gasteiger charge is 2.16. The number of ether oxygens (including phenoxy) is 4. The molecule has 3 aromatic rings. The van der Waals surface area contributed by atoms with Gasteiger partial charge in [-0.15, -0.1) is 0 Å². The quantitative estimate of drug-likeness (QED) is 0.720. The number of rotatable bonds is 6. The molecule has 0 fully saturated rings. The summed E-state index contributed by atoms with van der Waals surface area (Å²) in [5.41, 5.74) is 3.08. The molecule has 1 aromatic heterocycles. The van der Waals surface area contributed by atoms with Crippen molar-refractivity contribution in [1.29, 1.82) is 0 Å². The Hall–Kier alpha value is -3.35. The molecule has 0 aliphatic carbocycles. The van der Waals surface area contributed by atoms with Crippen LogP contribution in [0.15, 0.2) is 42.6 Å². The molecular formula is C20H21N3O4. The molecular weight excluding hydrogens is 346 g/mol. The highest BCUT2D eigenvalue weighted by atomic mass is 16.7. The Bertz CT molecular complexity index is 968. The van der Waals surface area contributed by atoms with Crippen LogP contribution < -0.4 is 24.3 Å². The molecule has 7 nitrogen and oxygen atoms in total. The van der Waals surface area contributed by atoms with Gasteiger partial charge in [-0.1, -0.05) is 6.07 Å². The van der Waals surface area contributed by atoms with E-state index in [4.69, 9.17) is 18.9 Å². The maximum Gasteiger partial charge on any atom is 0.231 e. The summed E-state index contributed by atoms with van der Waals surface area (Å²) >= 11 is 0. The fourth-order valence-electron chi connectivity index (χ4n) is 3.07. The highest BCUT2D eigenvalue weighted by molar-refractivity contribution is 5.66. The van der Waals surface area contributed by atoms with E-state index in [9.17, 15) is 0 Å². The number of fused-ring (bicyclic) bond motifs is 1. The third-order valence-corrected chi connectivity index (χ3v) is 4.56. The molecule has 140 valence electrons. The molecule has 0 spiro atoms. The Morgan fingerprint density at radius 2 is 1.85 bits per heavy atom. The van der Waals surface area contributed by atoms with Crippen molar-refractivity contribution in [3.8, 4) is 34.3 Å². The number of nitrogens with one attached hydrogen (secondary N) is 1. The summed E-state index contributed by atoms with van der Waals surface area (Å²) in [6.07, 6.45) is 1.84. The standard InChI is InChI=1S/C20H21N3O4/c1-23-15(14-5-7-17-19(9-14)27-12-26-17)11-22-20(23)21-10-13-4-6-16(24-2)18(8-13)25-3/h4-9,11H,10,12H2,1-3H3,(H,21,22). The number of aromatic nitrogens is 2. The Kier molecular flexibility index (Phi) is 4.50. The van der Waals surface area contributed by atoms with Gasteiger partial charge >= 0.3 is 0 Å². The minimum atomic E-state index is 0.266. The maximum atomic E-state index is 5.46. The fraction of sp³-hybridized carbons (Fsp3) is 0.250. The summed E-state index contributed by atoms with van der Waals surface area (Å²) in [4.78, 5) is 4.50. The first-order chi connectivity index (χ1) is 13.2. The summed E-state index contributed by atoms with van der Waals surface area (Å²) < 4.78 is 23.5. The lowest BCUT2D eigenvalue weighted by Gasteiger charge is -2.11. The molecule has 0 unspecified atom stereocenters. The van der Waals surface area contributed by atoms with Gasteiger partial charge in [0.1, 0.15) is 0 Å². The van der Waals surface area contributed by atoms with E-state index in [1.807, 2.05) is 54.2 Å². The number of hydrogen-bond acceptors (Lipinski definition) is 6. The first-order valence-electron chi connectivity index (χ1n) is 8.56. The van der Waals surface area contributed by atoms with Gasteiger partial charge in [-0.2, -0.15) is 0 Å². The lowest BCUT2D eigenvalue weighted by Crippen LogP contribution is -2.06. The minimum absolute atomic E-state index is 0.266. The number of anilines is 1. The number of imidazole rings is 1. The molecule has 0 bridgehead atoms. The third kappa shape index (κ3) is 3.23. The molecule has 27 heavy (non-hydrogen) atoms. The highest BCUT2D eigenvalue weighted by Crippen LogP contribution is 2.36. The zero-order valence-electron chi connectivity index (χ0n) is 15.5.